The number of ether oxygens (including phenoxy) is 1. The normalized spacial score (nSPS) is 14.0. The molecule has 0 aliphatic rings. The number of primary amides is 1. The Morgan fingerprint density at radius 2 is 1.64 bits per heavy atom. The number of benzene rings is 1. The van der Waals surface area contributed by atoms with Crippen LogP contribution in [0, 0.1) is 12.3 Å². The lowest BCUT2D eigenvalue weighted by atomic mass is 9.97. The number of carbonyl (C=O) groups is 4. The summed E-state index contributed by atoms with van der Waals surface area (Å²) >= 11 is 0. The number of rotatable bonds is 9. The third-order valence-corrected chi connectivity index (χ3v) is 5.13. The van der Waals surface area contributed by atoms with Crippen LogP contribution in [0.3, 0.4) is 0 Å². The van der Waals surface area contributed by atoms with Crippen molar-refractivity contribution in [2.75, 3.05) is 0 Å². The average Bonchev–Trinajstić information content (AvgIpc) is 2.73. The van der Waals surface area contributed by atoms with Crippen molar-refractivity contribution in [3.8, 4) is 12.3 Å². The SMILES string of the molecule is C#Cc1ccc(C(C(=O)NC(C)(C)C)N(C(=O)C(CC(N)=O)NC(=O)OC(C)(C)C)C(C)CC)cc1. The third kappa shape index (κ3) is 9.61. The summed E-state index contributed by atoms with van der Waals surface area (Å²) in [5, 5.41) is 5.40. The van der Waals surface area contributed by atoms with Crippen molar-refractivity contribution >= 4 is 23.8 Å². The summed E-state index contributed by atoms with van der Waals surface area (Å²) in [4.78, 5) is 53.2. The summed E-state index contributed by atoms with van der Waals surface area (Å²) in [7, 11) is 0. The van der Waals surface area contributed by atoms with Gasteiger partial charge >= 0.3 is 6.09 Å². The zero-order valence-corrected chi connectivity index (χ0v) is 22.6. The van der Waals surface area contributed by atoms with Gasteiger partial charge in [-0.15, -0.1) is 6.42 Å². The van der Waals surface area contributed by atoms with E-state index in [4.69, 9.17) is 16.9 Å². The predicted octanol–water partition coefficient (Wildman–Crippen LogP) is 3.02. The van der Waals surface area contributed by atoms with Gasteiger partial charge in [0.2, 0.25) is 17.7 Å². The quantitative estimate of drug-likeness (QED) is 0.449. The Hall–Kier alpha value is -3.54. The Labute approximate surface area is 214 Å². The van der Waals surface area contributed by atoms with Crippen LogP contribution in [0.1, 0.15) is 85.4 Å². The summed E-state index contributed by atoms with van der Waals surface area (Å²) in [6.45, 7) is 14.2. The standard InChI is InChI=1S/C27H40N4O5/c1-10-17(3)31(24(34)20(16-21(28)32)29-25(35)36-27(7,8)9)22(23(33)30-26(4,5)6)19-14-12-18(11-2)13-15-19/h2,12-15,17,20,22H,10,16H2,1,3-9H3,(H2,28,32)(H,29,35)(H,30,33). The van der Waals surface area contributed by atoms with Crippen molar-refractivity contribution in [1.82, 2.24) is 15.5 Å². The maximum absolute atomic E-state index is 13.9. The lowest BCUT2D eigenvalue weighted by Crippen LogP contribution is -2.57. The maximum atomic E-state index is 13.9. The van der Waals surface area contributed by atoms with E-state index in [2.05, 4.69) is 16.6 Å². The number of nitrogens with zero attached hydrogens (tertiary/aromatic N) is 1. The van der Waals surface area contributed by atoms with Crippen molar-refractivity contribution in [2.24, 2.45) is 5.73 Å². The third-order valence-electron chi connectivity index (χ3n) is 5.13. The van der Waals surface area contributed by atoms with E-state index in [-0.39, 0.29) is 0 Å². The molecule has 9 heteroatoms. The van der Waals surface area contributed by atoms with Crippen molar-refractivity contribution < 1.29 is 23.9 Å². The number of terminal acetylenes is 1. The average molecular weight is 501 g/mol. The molecule has 0 aliphatic carbocycles. The van der Waals surface area contributed by atoms with Crippen LogP contribution in [0.4, 0.5) is 4.79 Å². The van der Waals surface area contributed by atoms with Crippen LogP contribution in [0.2, 0.25) is 0 Å². The molecule has 198 valence electrons. The minimum atomic E-state index is -1.33. The minimum absolute atomic E-state index is 0.417. The molecule has 0 aromatic heterocycles. The lowest BCUT2D eigenvalue weighted by Gasteiger charge is -2.39. The van der Waals surface area contributed by atoms with E-state index in [1.807, 2.05) is 27.7 Å². The monoisotopic (exact) mass is 500 g/mol. The van der Waals surface area contributed by atoms with E-state index in [1.165, 1.54) is 4.90 Å². The number of hydrogen-bond acceptors (Lipinski definition) is 5. The van der Waals surface area contributed by atoms with Gasteiger partial charge in [-0.05, 0) is 72.6 Å². The molecule has 0 radical (unpaired) electrons. The molecule has 0 saturated carbocycles. The van der Waals surface area contributed by atoms with E-state index in [1.54, 1.807) is 52.0 Å². The fourth-order valence-corrected chi connectivity index (χ4v) is 3.46. The molecule has 1 aromatic carbocycles. The minimum Gasteiger partial charge on any atom is -0.444 e. The van der Waals surface area contributed by atoms with Gasteiger partial charge in [0.25, 0.3) is 0 Å². The molecule has 1 rings (SSSR count). The van der Waals surface area contributed by atoms with Crippen LogP contribution in [-0.4, -0.2) is 51.9 Å². The molecule has 0 heterocycles. The highest BCUT2D eigenvalue weighted by molar-refractivity contribution is 5.94. The van der Waals surface area contributed by atoms with Crippen LogP contribution in [0.25, 0.3) is 0 Å². The molecule has 0 spiro atoms. The maximum Gasteiger partial charge on any atom is 0.408 e. The highest BCUT2D eigenvalue weighted by Gasteiger charge is 2.39. The van der Waals surface area contributed by atoms with Gasteiger partial charge < -0.3 is 26.0 Å². The molecular weight excluding hydrogens is 460 g/mol. The second kappa shape index (κ2) is 12.4. The van der Waals surface area contributed by atoms with Crippen LogP contribution >= 0.6 is 0 Å². The largest absolute Gasteiger partial charge is 0.444 e. The Bertz CT molecular complexity index is 983. The molecule has 1 aromatic rings. The molecule has 0 bridgehead atoms. The van der Waals surface area contributed by atoms with E-state index in [9.17, 15) is 19.2 Å². The number of nitrogens with two attached hydrogens (primary N) is 1. The van der Waals surface area contributed by atoms with Gasteiger partial charge in [-0.3, -0.25) is 14.4 Å². The Balaban J connectivity index is 3.60. The van der Waals surface area contributed by atoms with Gasteiger partial charge in [-0.25, -0.2) is 4.79 Å². The molecule has 36 heavy (non-hydrogen) atoms. The highest BCUT2D eigenvalue weighted by atomic mass is 16.6. The van der Waals surface area contributed by atoms with Crippen LogP contribution in [0.15, 0.2) is 24.3 Å². The van der Waals surface area contributed by atoms with Gasteiger partial charge in [0.15, 0.2) is 0 Å². The topological polar surface area (TPSA) is 131 Å². The van der Waals surface area contributed by atoms with Crippen LogP contribution in [-0.2, 0) is 19.1 Å². The molecule has 0 aliphatic heterocycles. The number of hydrogen-bond donors (Lipinski definition) is 3. The first-order valence-corrected chi connectivity index (χ1v) is 12.0. The summed E-state index contributed by atoms with van der Waals surface area (Å²) in [5.41, 5.74) is 5.14. The second-order valence-corrected chi connectivity index (χ2v) is 10.8. The van der Waals surface area contributed by atoms with Crippen molar-refractivity contribution in [3.63, 3.8) is 0 Å². The van der Waals surface area contributed by atoms with Crippen LogP contribution in [0.5, 0.6) is 0 Å². The van der Waals surface area contributed by atoms with Gasteiger partial charge in [0.1, 0.15) is 17.7 Å². The zero-order valence-electron chi connectivity index (χ0n) is 22.6. The van der Waals surface area contributed by atoms with Crippen molar-refractivity contribution in [2.45, 2.75) is 97.5 Å². The highest BCUT2D eigenvalue weighted by Crippen LogP contribution is 2.27. The number of nitrogens with one attached hydrogen (secondary N) is 2. The van der Waals surface area contributed by atoms with Gasteiger partial charge in [0.05, 0.1) is 6.42 Å². The van der Waals surface area contributed by atoms with Gasteiger partial charge in [-0.1, -0.05) is 25.0 Å². The van der Waals surface area contributed by atoms with E-state index >= 15 is 0 Å². The number of carbonyl (C=O) groups excluding carboxylic acids is 4. The first kappa shape index (κ1) is 30.5. The lowest BCUT2D eigenvalue weighted by molar-refractivity contribution is -0.146. The Morgan fingerprint density at radius 3 is 2.06 bits per heavy atom. The first-order chi connectivity index (χ1) is 16.5. The molecular formula is C27H40N4O5. The van der Waals surface area contributed by atoms with Gasteiger partial charge in [-0.2, -0.15) is 0 Å². The van der Waals surface area contributed by atoms with Crippen molar-refractivity contribution in [1.29, 1.82) is 0 Å². The molecule has 4 amide bonds. The first-order valence-electron chi connectivity index (χ1n) is 12.0. The second-order valence-electron chi connectivity index (χ2n) is 10.8. The van der Waals surface area contributed by atoms with Crippen LogP contribution < -0.4 is 16.4 Å². The fraction of sp³-hybridized carbons (Fsp3) is 0.556. The predicted molar refractivity (Wildman–Crippen MR) is 139 cm³/mol. The summed E-state index contributed by atoms with van der Waals surface area (Å²) in [6, 6.07) is 3.92. The number of amides is 4. The fourth-order valence-electron chi connectivity index (χ4n) is 3.46. The van der Waals surface area contributed by atoms with E-state index < -0.39 is 59.5 Å². The van der Waals surface area contributed by atoms with E-state index in [0.29, 0.717) is 17.5 Å². The summed E-state index contributed by atoms with van der Waals surface area (Å²) in [6.07, 6.45) is 4.65. The van der Waals surface area contributed by atoms with Crippen molar-refractivity contribution in [3.05, 3.63) is 35.4 Å². The summed E-state index contributed by atoms with van der Waals surface area (Å²) < 4.78 is 5.28. The molecule has 4 N–H and O–H groups in total. The Morgan fingerprint density at radius 1 is 1.08 bits per heavy atom. The molecule has 3 unspecified atom stereocenters. The molecule has 0 saturated heterocycles. The smallest absolute Gasteiger partial charge is 0.408 e. The molecule has 3 atom stereocenters. The number of alkyl carbamates (subject to hydrolysis) is 1. The Kier molecular flexibility index (Phi) is 10.5. The summed E-state index contributed by atoms with van der Waals surface area (Å²) in [5.74, 6) is 0.691. The molecule has 9 nitrogen and oxygen atoms in total. The van der Waals surface area contributed by atoms with Gasteiger partial charge in [0, 0.05) is 17.1 Å². The van der Waals surface area contributed by atoms with E-state index in [0.717, 1.165) is 0 Å². The molecule has 0 fully saturated rings. The zero-order chi connectivity index (χ0) is 27.8.